The summed E-state index contributed by atoms with van der Waals surface area (Å²) in [5.74, 6) is 0.377. The van der Waals surface area contributed by atoms with Gasteiger partial charge in [-0.25, -0.2) is 0 Å². The normalized spacial score (nSPS) is 15.7. The summed E-state index contributed by atoms with van der Waals surface area (Å²) >= 11 is 5.67. The van der Waals surface area contributed by atoms with E-state index < -0.39 is 0 Å². The minimum absolute atomic E-state index is 0.377. The average molecular weight is 443 g/mol. The highest BCUT2D eigenvalue weighted by Crippen LogP contribution is 2.42. The Labute approximate surface area is 185 Å². The summed E-state index contributed by atoms with van der Waals surface area (Å²) in [7, 11) is 3.38. The van der Waals surface area contributed by atoms with E-state index in [1.807, 2.05) is 12.1 Å². The zero-order valence-corrected chi connectivity index (χ0v) is 19.3. The molecule has 1 aromatic heterocycles. The lowest BCUT2D eigenvalue weighted by Gasteiger charge is -2.34. The van der Waals surface area contributed by atoms with Crippen molar-refractivity contribution in [3.63, 3.8) is 0 Å². The molecule has 1 N–H and O–H groups in total. The monoisotopic (exact) mass is 442 g/mol. The lowest BCUT2D eigenvalue weighted by atomic mass is 10.0. The fraction of sp³-hybridized carbons (Fsp3) is 0.348. The van der Waals surface area contributed by atoms with Gasteiger partial charge < -0.3 is 10.0 Å². The summed E-state index contributed by atoms with van der Waals surface area (Å²) in [5.41, 5.74) is 5.68. The van der Waals surface area contributed by atoms with Gasteiger partial charge in [-0.05, 0) is 42.8 Å². The van der Waals surface area contributed by atoms with E-state index in [2.05, 4.69) is 54.0 Å². The van der Waals surface area contributed by atoms with E-state index >= 15 is 0 Å². The summed E-state index contributed by atoms with van der Waals surface area (Å²) in [6, 6.07) is 14.6. The Bertz CT molecular complexity index is 1030. The van der Waals surface area contributed by atoms with Gasteiger partial charge in [0.2, 0.25) is 0 Å². The maximum atomic E-state index is 10.5. The van der Waals surface area contributed by atoms with Crippen LogP contribution >= 0.6 is 32.9 Å². The van der Waals surface area contributed by atoms with Gasteiger partial charge >= 0.3 is 0 Å². The number of hydrogen-bond acceptors (Lipinski definition) is 6. The molecule has 1 fully saturated rings. The number of aryl methyl sites for hydroxylation is 1. The maximum absolute atomic E-state index is 10.5. The summed E-state index contributed by atoms with van der Waals surface area (Å²) in [5, 5.41) is 10.5. The first kappa shape index (κ1) is 20.7. The van der Waals surface area contributed by atoms with Crippen LogP contribution in [0.2, 0.25) is 0 Å². The van der Waals surface area contributed by atoms with Crippen molar-refractivity contribution in [2.24, 2.45) is 0 Å². The van der Waals surface area contributed by atoms with Crippen LogP contribution < -0.4 is 0 Å². The van der Waals surface area contributed by atoms with Gasteiger partial charge in [-0.15, -0.1) is 0 Å². The average Bonchev–Trinajstić information content (AvgIpc) is 3.12. The van der Waals surface area contributed by atoms with E-state index in [-0.39, 0.29) is 0 Å². The van der Waals surface area contributed by atoms with Gasteiger partial charge in [0.25, 0.3) is 0 Å². The summed E-state index contributed by atoms with van der Waals surface area (Å²) in [6.45, 7) is 10.5. The van der Waals surface area contributed by atoms with Crippen LogP contribution in [0.15, 0.2) is 42.5 Å². The van der Waals surface area contributed by atoms with Gasteiger partial charge in [-0.2, -0.15) is 0 Å². The number of phenols is 1. The molecule has 0 unspecified atom stereocenters. The molecular formula is C23H26N2OS3. The van der Waals surface area contributed by atoms with Gasteiger partial charge in [0.1, 0.15) is 9.57 Å². The first-order valence-corrected chi connectivity index (χ1v) is 12.6. The summed E-state index contributed by atoms with van der Waals surface area (Å²) < 4.78 is 0.930. The largest absolute Gasteiger partial charge is 0.508 e. The van der Waals surface area contributed by atoms with Crippen molar-refractivity contribution in [2.45, 2.75) is 20.4 Å². The minimum atomic E-state index is 0.377. The minimum Gasteiger partial charge on any atom is -0.508 e. The Balaban J connectivity index is 1.63. The number of nitrogens with zero attached hydrogens (tertiary/aromatic N) is 2. The molecule has 4 rings (SSSR count). The number of aromatic hydroxyl groups is 1. The van der Waals surface area contributed by atoms with E-state index in [4.69, 9.17) is 12.2 Å². The lowest BCUT2D eigenvalue weighted by Crippen LogP contribution is -2.45. The van der Waals surface area contributed by atoms with Crippen molar-refractivity contribution in [2.75, 3.05) is 32.7 Å². The third kappa shape index (κ3) is 4.62. The fourth-order valence-electron chi connectivity index (χ4n) is 3.78. The molecule has 0 atom stereocenters. The van der Waals surface area contributed by atoms with Crippen LogP contribution in [-0.4, -0.2) is 47.6 Å². The second-order valence-electron chi connectivity index (χ2n) is 7.58. The van der Waals surface area contributed by atoms with Gasteiger partial charge in [-0.1, -0.05) is 69.7 Å². The molecule has 0 saturated carbocycles. The van der Waals surface area contributed by atoms with E-state index in [0.717, 1.165) is 59.8 Å². The van der Waals surface area contributed by atoms with Crippen molar-refractivity contribution in [1.82, 2.24) is 9.80 Å². The lowest BCUT2D eigenvalue weighted by molar-refractivity contribution is 0.131. The molecule has 2 aromatic carbocycles. The number of phenolic OH excluding ortho intramolecular Hbond substituents is 1. The van der Waals surface area contributed by atoms with Gasteiger partial charge in [-0.3, -0.25) is 4.90 Å². The molecule has 1 saturated heterocycles. The van der Waals surface area contributed by atoms with Crippen LogP contribution in [0.3, 0.4) is 0 Å². The highest BCUT2D eigenvalue weighted by atomic mass is 32.9. The SMILES string of the molecule is CCN1CCN(Cc2cc(-c3ssc(=S)c3-c3ccc(C)cc3)ccc2O)CC1. The number of hydrogen-bond donors (Lipinski definition) is 1. The van der Waals surface area contributed by atoms with Crippen LogP contribution in [0.1, 0.15) is 18.1 Å². The molecule has 6 heteroatoms. The zero-order valence-electron chi connectivity index (χ0n) is 16.9. The molecular weight excluding hydrogens is 416 g/mol. The fourth-order valence-corrected chi connectivity index (χ4v) is 6.68. The van der Waals surface area contributed by atoms with Crippen molar-refractivity contribution in [3.05, 3.63) is 57.4 Å². The smallest absolute Gasteiger partial charge is 0.120 e. The molecule has 3 nitrogen and oxygen atoms in total. The highest BCUT2D eigenvalue weighted by molar-refractivity contribution is 7.80. The Morgan fingerprint density at radius 2 is 1.59 bits per heavy atom. The molecule has 152 valence electrons. The highest BCUT2D eigenvalue weighted by Gasteiger charge is 2.18. The second kappa shape index (κ2) is 9.06. The summed E-state index contributed by atoms with van der Waals surface area (Å²) in [4.78, 5) is 6.10. The Morgan fingerprint density at radius 1 is 0.931 bits per heavy atom. The van der Waals surface area contributed by atoms with E-state index in [0.29, 0.717) is 5.75 Å². The second-order valence-corrected chi connectivity index (χ2v) is 10.4. The Kier molecular flexibility index (Phi) is 6.47. The maximum Gasteiger partial charge on any atom is 0.120 e. The molecule has 0 amide bonds. The predicted octanol–water partition coefficient (Wildman–Crippen LogP) is 6.02. The van der Waals surface area contributed by atoms with E-state index in [9.17, 15) is 5.11 Å². The summed E-state index contributed by atoms with van der Waals surface area (Å²) in [6.07, 6.45) is 0. The van der Waals surface area contributed by atoms with Crippen LogP contribution in [0.4, 0.5) is 0 Å². The number of benzene rings is 2. The molecule has 0 spiro atoms. The van der Waals surface area contributed by atoms with Crippen molar-refractivity contribution < 1.29 is 5.11 Å². The van der Waals surface area contributed by atoms with Crippen molar-refractivity contribution >= 4 is 32.9 Å². The van der Waals surface area contributed by atoms with Crippen molar-refractivity contribution in [3.8, 4) is 27.3 Å². The number of piperazine rings is 1. The quantitative estimate of drug-likeness (QED) is 0.386. The topological polar surface area (TPSA) is 26.7 Å². The molecule has 0 bridgehead atoms. The van der Waals surface area contributed by atoms with Gasteiger partial charge in [0.15, 0.2) is 0 Å². The third-order valence-electron chi connectivity index (χ3n) is 5.62. The van der Waals surface area contributed by atoms with Crippen LogP contribution in [-0.2, 0) is 6.54 Å². The molecule has 0 radical (unpaired) electrons. The molecule has 1 aliphatic heterocycles. The van der Waals surface area contributed by atoms with Gasteiger partial charge in [0.05, 0.1) is 4.88 Å². The number of likely N-dealkylation sites (N-methyl/N-ethyl adjacent to an activating group) is 1. The first-order chi connectivity index (χ1) is 14.0. The molecule has 29 heavy (non-hydrogen) atoms. The standard InChI is InChI=1S/C23H26N2OS3/c1-3-24-10-12-25(13-11-24)15-19-14-18(8-9-20(19)26)22-21(23(27)29-28-22)17-6-4-16(2)5-7-17/h4-9,14,26H,3,10-13,15H2,1-2H3. The van der Waals surface area contributed by atoms with Gasteiger partial charge in [0, 0.05) is 43.9 Å². The zero-order chi connectivity index (χ0) is 20.4. The Morgan fingerprint density at radius 3 is 2.28 bits per heavy atom. The van der Waals surface area contributed by atoms with Crippen molar-refractivity contribution in [1.29, 1.82) is 0 Å². The number of rotatable bonds is 5. The Hall–Kier alpha value is -1.57. The van der Waals surface area contributed by atoms with E-state index in [1.54, 1.807) is 20.7 Å². The predicted molar refractivity (Wildman–Crippen MR) is 128 cm³/mol. The molecule has 2 heterocycles. The van der Waals surface area contributed by atoms with Crippen LogP contribution in [0, 0.1) is 10.7 Å². The molecule has 1 aliphatic rings. The molecule has 3 aromatic rings. The van der Waals surface area contributed by atoms with E-state index in [1.165, 1.54) is 16.0 Å². The first-order valence-electron chi connectivity index (χ1n) is 10.0. The molecule has 0 aliphatic carbocycles. The van der Waals surface area contributed by atoms with Crippen LogP contribution in [0.5, 0.6) is 5.75 Å². The third-order valence-corrected chi connectivity index (χ3v) is 8.69. The van der Waals surface area contributed by atoms with Crippen LogP contribution in [0.25, 0.3) is 21.6 Å².